The van der Waals surface area contributed by atoms with E-state index in [1.807, 2.05) is 41.8 Å². The van der Waals surface area contributed by atoms with E-state index in [0.29, 0.717) is 32.0 Å². The highest BCUT2D eigenvalue weighted by molar-refractivity contribution is 5.80. The van der Waals surface area contributed by atoms with Gasteiger partial charge >= 0.3 is 0 Å². The van der Waals surface area contributed by atoms with Gasteiger partial charge in [-0.1, -0.05) is 37.3 Å². The Labute approximate surface area is 160 Å². The quantitative estimate of drug-likeness (QED) is 0.429. The highest BCUT2D eigenvalue weighted by Crippen LogP contribution is 1.97. The first-order valence-electron chi connectivity index (χ1n) is 9.42. The van der Waals surface area contributed by atoms with E-state index in [2.05, 4.69) is 38.1 Å². The minimum atomic E-state index is -0.00414. The van der Waals surface area contributed by atoms with Gasteiger partial charge in [-0.25, -0.2) is 0 Å². The number of aliphatic imine (C=N–C) groups is 1. The largest absolute Gasteiger partial charge is 0.357 e. The van der Waals surface area contributed by atoms with Crippen molar-refractivity contribution in [2.24, 2.45) is 4.99 Å². The first-order valence-corrected chi connectivity index (χ1v) is 9.42. The van der Waals surface area contributed by atoms with Crippen molar-refractivity contribution in [3.63, 3.8) is 0 Å². The third-order valence-corrected chi connectivity index (χ3v) is 3.94. The molecule has 0 radical (unpaired) electrons. The molecule has 27 heavy (non-hydrogen) atoms. The second-order valence-corrected chi connectivity index (χ2v) is 5.99. The number of benzene rings is 1. The van der Waals surface area contributed by atoms with Crippen LogP contribution in [-0.2, 0) is 24.3 Å². The third kappa shape index (κ3) is 7.47. The lowest BCUT2D eigenvalue weighted by molar-refractivity contribution is -0.121. The Hall–Kier alpha value is -2.90. The van der Waals surface area contributed by atoms with E-state index >= 15 is 0 Å². The van der Waals surface area contributed by atoms with Gasteiger partial charge in [-0.05, 0) is 12.5 Å². The molecule has 2 rings (SSSR count). The van der Waals surface area contributed by atoms with E-state index in [1.54, 1.807) is 6.33 Å². The predicted octanol–water partition coefficient (Wildman–Crippen LogP) is 1.10. The van der Waals surface area contributed by atoms with Gasteiger partial charge in [0.2, 0.25) is 5.91 Å². The van der Waals surface area contributed by atoms with E-state index < -0.39 is 0 Å². The van der Waals surface area contributed by atoms with E-state index in [9.17, 15) is 4.79 Å². The van der Waals surface area contributed by atoms with Crippen molar-refractivity contribution in [2.75, 3.05) is 19.6 Å². The van der Waals surface area contributed by atoms with Gasteiger partial charge in [0, 0.05) is 39.0 Å². The van der Waals surface area contributed by atoms with Gasteiger partial charge in [0.1, 0.15) is 12.2 Å². The summed E-state index contributed by atoms with van der Waals surface area (Å²) in [6, 6.07) is 9.87. The number of hydrogen-bond acceptors (Lipinski definition) is 4. The summed E-state index contributed by atoms with van der Waals surface area (Å²) in [6.45, 7) is 7.28. The van der Waals surface area contributed by atoms with Crippen LogP contribution in [0.4, 0.5) is 0 Å². The van der Waals surface area contributed by atoms with Crippen LogP contribution in [0, 0.1) is 0 Å². The van der Waals surface area contributed by atoms with E-state index in [-0.39, 0.29) is 5.91 Å². The lowest BCUT2D eigenvalue weighted by atomic mass is 10.2. The maximum absolute atomic E-state index is 12.0. The maximum Gasteiger partial charge on any atom is 0.222 e. The molecule has 0 bridgehead atoms. The maximum atomic E-state index is 12.0. The highest BCUT2D eigenvalue weighted by atomic mass is 16.1. The van der Waals surface area contributed by atoms with Gasteiger partial charge in [-0.2, -0.15) is 0 Å². The smallest absolute Gasteiger partial charge is 0.222 e. The Morgan fingerprint density at radius 1 is 1.15 bits per heavy atom. The van der Waals surface area contributed by atoms with Gasteiger partial charge < -0.3 is 20.5 Å². The average molecular weight is 371 g/mol. The van der Waals surface area contributed by atoms with Crippen molar-refractivity contribution < 1.29 is 4.79 Å². The Balaban J connectivity index is 1.71. The molecule has 0 saturated heterocycles. The summed E-state index contributed by atoms with van der Waals surface area (Å²) in [5.74, 6) is 1.67. The van der Waals surface area contributed by atoms with Crippen molar-refractivity contribution in [2.45, 2.75) is 39.8 Å². The molecule has 0 aliphatic carbocycles. The summed E-state index contributed by atoms with van der Waals surface area (Å²) in [4.78, 5) is 16.4. The number of nitrogens with one attached hydrogen (secondary N) is 3. The van der Waals surface area contributed by atoms with Crippen LogP contribution in [0.2, 0.25) is 0 Å². The van der Waals surface area contributed by atoms with E-state index in [0.717, 1.165) is 30.9 Å². The van der Waals surface area contributed by atoms with Crippen molar-refractivity contribution in [1.29, 1.82) is 0 Å². The molecule has 0 atom stereocenters. The fourth-order valence-corrected chi connectivity index (χ4v) is 2.53. The number of carbonyl (C=O) groups is 1. The topological polar surface area (TPSA) is 96.2 Å². The fourth-order valence-electron chi connectivity index (χ4n) is 2.53. The number of guanidine groups is 1. The van der Waals surface area contributed by atoms with Gasteiger partial charge in [0.25, 0.3) is 0 Å². The van der Waals surface area contributed by atoms with Crippen LogP contribution in [0.25, 0.3) is 0 Å². The van der Waals surface area contributed by atoms with Crippen LogP contribution in [0.1, 0.15) is 31.7 Å². The average Bonchev–Trinajstić information content (AvgIpc) is 3.15. The van der Waals surface area contributed by atoms with Gasteiger partial charge in [-0.15, -0.1) is 10.2 Å². The number of aryl methyl sites for hydroxylation is 1. The molecule has 0 fully saturated rings. The zero-order valence-corrected chi connectivity index (χ0v) is 16.1. The lowest BCUT2D eigenvalue weighted by Gasteiger charge is -2.12. The van der Waals surface area contributed by atoms with Crippen molar-refractivity contribution in [1.82, 2.24) is 30.7 Å². The molecule has 146 valence electrons. The van der Waals surface area contributed by atoms with Gasteiger partial charge in [0.15, 0.2) is 5.96 Å². The molecule has 0 aliphatic rings. The van der Waals surface area contributed by atoms with E-state index in [1.165, 1.54) is 0 Å². The van der Waals surface area contributed by atoms with Crippen molar-refractivity contribution in [3.8, 4) is 0 Å². The molecular weight excluding hydrogens is 342 g/mol. The number of nitrogens with zero attached hydrogens (tertiary/aromatic N) is 4. The number of rotatable bonds is 10. The SMILES string of the molecule is CCNC(=NCCC(=O)NCc1ccccc1)NCCn1cnnc1CC. The number of carbonyl (C=O) groups excluding carboxylic acids is 1. The molecule has 1 aromatic heterocycles. The third-order valence-electron chi connectivity index (χ3n) is 3.94. The predicted molar refractivity (Wildman–Crippen MR) is 106 cm³/mol. The van der Waals surface area contributed by atoms with E-state index in [4.69, 9.17) is 0 Å². The Kier molecular flexibility index (Phi) is 8.82. The molecule has 8 heteroatoms. The normalized spacial score (nSPS) is 11.3. The van der Waals surface area contributed by atoms with Gasteiger partial charge in [-0.3, -0.25) is 9.79 Å². The number of hydrogen-bond donors (Lipinski definition) is 3. The molecule has 8 nitrogen and oxygen atoms in total. The van der Waals surface area contributed by atoms with Crippen LogP contribution in [0.5, 0.6) is 0 Å². The summed E-state index contributed by atoms with van der Waals surface area (Å²) in [6.07, 6.45) is 2.95. The van der Waals surface area contributed by atoms with Crippen LogP contribution in [0.15, 0.2) is 41.7 Å². The number of amides is 1. The molecule has 0 unspecified atom stereocenters. The second kappa shape index (κ2) is 11.7. The summed E-state index contributed by atoms with van der Waals surface area (Å²) in [7, 11) is 0. The van der Waals surface area contributed by atoms with Gasteiger partial charge in [0.05, 0.1) is 6.54 Å². The Morgan fingerprint density at radius 3 is 2.70 bits per heavy atom. The molecule has 3 N–H and O–H groups in total. The van der Waals surface area contributed by atoms with Crippen LogP contribution < -0.4 is 16.0 Å². The van der Waals surface area contributed by atoms with Crippen LogP contribution in [0.3, 0.4) is 0 Å². The summed E-state index contributed by atoms with van der Waals surface area (Å²) in [5, 5.41) is 17.4. The summed E-state index contributed by atoms with van der Waals surface area (Å²) in [5.41, 5.74) is 1.09. The molecule has 2 aromatic rings. The number of aromatic nitrogens is 3. The molecule has 1 heterocycles. The highest BCUT2D eigenvalue weighted by Gasteiger charge is 2.04. The minimum absolute atomic E-state index is 0.00414. The Bertz CT molecular complexity index is 712. The summed E-state index contributed by atoms with van der Waals surface area (Å²) < 4.78 is 2.02. The molecule has 0 aliphatic heterocycles. The van der Waals surface area contributed by atoms with Crippen LogP contribution in [-0.4, -0.2) is 46.3 Å². The summed E-state index contributed by atoms with van der Waals surface area (Å²) >= 11 is 0. The molecule has 0 spiro atoms. The lowest BCUT2D eigenvalue weighted by Crippen LogP contribution is -2.39. The van der Waals surface area contributed by atoms with Crippen molar-refractivity contribution >= 4 is 11.9 Å². The minimum Gasteiger partial charge on any atom is -0.357 e. The first-order chi connectivity index (χ1) is 13.2. The Morgan fingerprint density at radius 2 is 1.96 bits per heavy atom. The van der Waals surface area contributed by atoms with Crippen molar-refractivity contribution in [3.05, 3.63) is 48.0 Å². The zero-order chi connectivity index (χ0) is 19.3. The standard InChI is InChI=1S/C19H29N7O/c1-3-17-25-24-15-26(17)13-12-22-19(20-4-2)21-11-10-18(27)23-14-16-8-6-5-7-9-16/h5-9,15H,3-4,10-14H2,1-2H3,(H,23,27)(H2,20,21,22). The molecule has 1 amide bonds. The van der Waals surface area contributed by atoms with Crippen LogP contribution >= 0.6 is 0 Å². The molecule has 0 saturated carbocycles. The fraction of sp³-hybridized carbons (Fsp3) is 0.474. The second-order valence-electron chi connectivity index (χ2n) is 5.99. The first kappa shape index (κ1) is 20.4. The molecular formula is C19H29N7O. The molecule has 1 aromatic carbocycles. The monoisotopic (exact) mass is 371 g/mol. The zero-order valence-electron chi connectivity index (χ0n) is 16.1.